The van der Waals surface area contributed by atoms with Crippen molar-refractivity contribution in [3.05, 3.63) is 53.0 Å². The molecule has 2 aromatic rings. The highest BCUT2D eigenvalue weighted by atomic mass is 79.9. The lowest BCUT2D eigenvalue weighted by atomic mass is 10.3. The molecule has 0 fully saturated rings. The first-order valence-corrected chi connectivity index (χ1v) is 10.5. The summed E-state index contributed by atoms with van der Waals surface area (Å²) in [5.41, 5.74) is 0.459. The highest BCUT2D eigenvalue weighted by Crippen LogP contribution is 2.16. The van der Waals surface area contributed by atoms with Gasteiger partial charge in [0.05, 0.1) is 4.90 Å². The minimum atomic E-state index is -3.91. The van der Waals surface area contributed by atoms with Gasteiger partial charge in [0.25, 0.3) is 15.9 Å². The fraction of sp³-hybridized carbons (Fsp3) is 0.118. The molecule has 28 heavy (non-hydrogen) atoms. The summed E-state index contributed by atoms with van der Waals surface area (Å²) >= 11 is 8.35. The standard InChI is InChI=1S/C17H16BrN3O5S2/c1-11(22)21-28(24,25)15-8-4-13(5-9-15)19-17(27)20-16(23)10-26-14-6-2-12(18)3-7-14/h2-9H,10H2,1H3,(H,21,22)(H2,19,20,23,27). The van der Waals surface area contributed by atoms with E-state index >= 15 is 0 Å². The number of sulfonamides is 1. The van der Waals surface area contributed by atoms with Crippen LogP contribution in [-0.4, -0.2) is 32.0 Å². The van der Waals surface area contributed by atoms with Crippen LogP contribution < -0.4 is 20.1 Å². The second kappa shape index (κ2) is 9.62. The van der Waals surface area contributed by atoms with Gasteiger partial charge in [-0.2, -0.15) is 0 Å². The number of anilines is 1. The number of carbonyl (C=O) groups is 2. The largest absolute Gasteiger partial charge is 0.484 e. The van der Waals surface area contributed by atoms with Gasteiger partial charge in [-0.3, -0.25) is 14.9 Å². The highest BCUT2D eigenvalue weighted by molar-refractivity contribution is 9.10. The fourth-order valence-electron chi connectivity index (χ4n) is 1.97. The van der Waals surface area contributed by atoms with E-state index in [0.717, 1.165) is 11.4 Å². The van der Waals surface area contributed by atoms with E-state index in [1.807, 2.05) is 4.72 Å². The first kappa shape index (κ1) is 21.8. The fourth-order valence-corrected chi connectivity index (χ4v) is 3.46. The molecule has 0 aliphatic heterocycles. The van der Waals surface area contributed by atoms with Gasteiger partial charge in [0.2, 0.25) is 5.91 Å². The van der Waals surface area contributed by atoms with Crippen molar-refractivity contribution in [1.29, 1.82) is 0 Å². The van der Waals surface area contributed by atoms with E-state index in [-0.39, 0.29) is 16.6 Å². The molecule has 2 aromatic carbocycles. The molecule has 8 nitrogen and oxygen atoms in total. The Labute approximate surface area is 175 Å². The predicted molar refractivity (Wildman–Crippen MR) is 111 cm³/mol. The molecule has 2 rings (SSSR count). The van der Waals surface area contributed by atoms with Crippen molar-refractivity contribution in [3.63, 3.8) is 0 Å². The summed E-state index contributed by atoms with van der Waals surface area (Å²) in [5.74, 6) is -0.602. The number of halogens is 1. The van der Waals surface area contributed by atoms with Crippen LogP contribution in [0.2, 0.25) is 0 Å². The molecule has 0 aromatic heterocycles. The zero-order chi connectivity index (χ0) is 20.7. The molecule has 0 unspecified atom stereocenters. The molecule has 11 heteroatoms. The number of carbonyl (C=O) groups excluding carboxylic acids is 2. The first-order chi connectivity index (χ1) is 13.2. The van der Waals surface area contributed by atoms with Crippen LogP contribution in [0.3, 0.4) is 0 Å². The maximum absolute atomic E-state index is 11.9. The third-order valence-corrected chi connectivity index (χ3v) is 5.32. The molecule has 3 N–H and O–H groups in total. The summed E-state index contributed by atoms with van der Waals surface area (Å²) in [5, 5.41) is 5.24. The Bertz CT molecular complexity index is 977. The second-order valence-electron chi connectivity index (χ2n) is 5.43. The topological polar surface area (TPSA) is 114 Å². The summed E-state index contributed by atoms with van der Waals surface area (Å²) in [6, 6.07) is 12.5. The average molecular weight is 486 g/mol. The molecule has 148 valence electrons. The lowest BCUT2D eigenvalue weighted by Gasteiger charge is -2.11. The quantitative estimate of drug-likeness (QED) is 0.537. The smallest absolute Gasteiger partial charge is 0.264 e. The normalized spacial score (nSPS) is 10.6. The van der Waals surface area contributed by atoms with Gasteiger partial charge in [0.15, 0.2) is 11.7 Å². The molecule has 2 amide bonds. The van der Waals surface area contributed by atoms with Gasteiger partial charge in [-0.25, -0.2) is 13.1 Å². The molecule has 0 bridgehead atoms. The average Bonchev–Trinajstić information content (AvgIpc) is 2.60. The number of amides is 2. The molecule has 0 saturated heterocycles. The van der Waals surface area contributed by atoms with Crippen molar-refractivity contribution < 1.29 is 22.7 Å². The maximum Gasteiger partial charge on any atom is 0.264 e. The molecule has 0 saturated carbocycles. The van der Waals surface area contributed by atoms with Gasteiger partial charge >= 0.3 is 0 Å². The summed E-state index contributed by atoms with van der Waals surface area (Å²) in [6.07, 6.45) is 0. The Morgan fingerprint density at radius 2 is 1.68 bits per heavy atom. The van der Waals surface area contributed by atoms with E-state index in [2.05, 4.69) is 26.6 Å². The molecule has 0 aliphatic carbocycles. The van der Waals surface area contributed by atoms with E-state index in [4.69, 9.17) is 17.0 Å². The van der Waals surface area contributed by atoms with Crippen molar-refractivity contribution >= 4 is 60.8 Å². The zero-order valence-electron chi connectivity index (χ0n) is 14.6. The number of rotatable bonds is 6. The van der Waals surface area contributed by atoms with Gasteiger partial charge in [0.1, 0.15) is 5.75 Å². The van der Waals surface area contributed by atoms with Crippen LogP contribution in [0.1, 0.15) is 6.92 Å². The number of benzene rings is 2. The Hall–Kier alpha value is -2.50. The SMILES string of the molecule is CC(=O)NS(=O)(=O)c1ccc(NC(=S)NC(=O)COc2ccc(Br)cc2)cc1. The Kier molecular flexibility index (Phi) is 7.49. The van der Waals surface area contributed by atoms with Crippen LogP contribution in [0, 0.1) is 0 Å². The molecular weight excluding hydrogens is 470 g/mol. The van der Waals surface area contributed by atoms with Crippen molar-refractivity contribution in [2.45, 2.75) is 11.8 Å². The van der Waals surface area contributed by atoms with Crippen molar-refractivity contribution in [2.24, 2.45) is 0 Å². The van der Waals surface area contributed by atoms with Gasteiger partial charge < -0.3 is 10.1 Å². The maximum atomic E-state index is 11.9. The summed E-state index contributed by atoms with van der Waals surface area (Å²) < 4.78 is 31.9. The number of thiocarbonyl (C=S) groups is 1. The predicted octanol–water partition coefficient (Wildman–Crippen LogP) is 2.17. The van der Waals surface area contributed by atoms with Crippen LogP contribution in [0.5, 0.6) is 5.75 Å². The number of ether oxygens (including phenoxy) is 1. The third kappa shape index (κ3) is 6.91. The lowest BCUT2D eigenvalue weighted by Crippen LogP contribution is -2.37. The Balaban J connectivity index is 1.86. The summed E-state index contributed by atoms with van der Waals surface area (Å²) in [6.45, 7) is 0.881. The molecule has 0 heterocycles. The van der Waals surface area contributed by atoms with Crippen LogP contribution in [0.25, 0.3) is 0 Å². The van der Waals surface area contributed by atoms with E-state index in [1.54, 1.807) is 24.3 Å². The lowest BCUT2D eigenvalue weighted by molar-refractivity contribution is -0.121. The van der Waals surface area contributed by atoms with E-state index < -0.39 is 21.8 Å². The van der Waals surface area contributed by atoms with Gasteiger partial charge in [-0.15, -0.1) is 0 Å². The van der Waals surface area contributed by atoms with Gasteiger partial charge in [-0.05, 0) is 60.7 Å². The Morgan fingerprint density at radius 3 is 2.25 bits per heavy atom. The van der Waals surface area contributed by atoms with Gasteiger partial charge in [-0.1, -0.05) is 15.9 Å². The first-order valence-electron chi connectivity index (χ1n) is 7.78. The van der Waals surface area contributed by atoms with E-state index in [9.17, 15) is 18.0 Å². The van der Waals surface area contributed by atoms with Gasteiger partial charge in [0, 0.05) is 17.1 Å². The monoisotopic (exact) mass is 485 g/mol. The third-order valence-electron chi connectivity index (χ3n) is 3.14. The zero-order valence-corrected chi connectivity index (χ0v) is 17.8. The van der Waals surface area contributed by atoms with Crippen LogP contribution in [-0.2, 0) is 19.6 Å². The van der Waals surface area contributed by atoms with Crippen LogP contribution in [0.15, 0.2) is 57.9 Å². The van der Waals surface area contributed by atoms with Crippen molar-refractivity contribution in [3.8, 4) is 5.75 Å². The molecule has 0 atom stereocenters. The Morgan fingerprint density at radius 1 is 1.07 bits per heavy atom. The number of hydrogen-bond donors (Lipinski definition) is 3. The molecule has 0 radical (unpaired) electrons. The minimum Gasteiger partial charge on any atom is -0.484 e. The summed E-state index contributed by atoms with van der Waals surface area (Å²) in [4.78, 5) is 22.7. The van der Waals surface area contributed by atoms with Crippen LogP contribution in [0.4, 0.5) is 5.69 Å². The van der Waals surface area contributed by atoms with Crippen molar-refractivity contribution in [1.82, 2.24) is 10.0 Å². The van der Waals surface area contributed by atoms with E-state index in [0.29, 0.717) is 11.4 Å². The van der Waals surface area contributed by atoms with Crippen molar-refractivity contribution in [2.75, 3.05) is 11.9 Å². The molecule has 0 aliphatic rings. The second-order valence-corrected chi connectivity index (χ2v) is 8.44. The number of nitrogens with one attached hydrogen (secondary N) is 3. The van der Waals surface area contributed by atoms with Crippen LogP contribution >= 0.6 is 28.1 Å². The number of hydrogen-bond acceptors (Lipinski definition) is 6. The van der Waals surface area contributed by atoms with E-state index in [1.165, 1.54) is 24.3 Å². The highest BCUT2D eigenvalue weighted by Gasteiger charge is 2.15. The minimum absolute atomic E-state index is 0.0295. The molecular formula is C17H16BrN3O5S2. The molecule has 0 spiro atoms. The summed E-state index contributed by atoms with van der Waals surface area (Å²) in [7, 11) is -3.91.